The van der Waals surface area contributed by atoms with Gasteiger partial charge in [-0.25, -0.2) is 0 Å². The van der Waals surface area contributed by atoms with Crippen LogP contribution in [0.3, 0.4) is 0 Å². The van der Waals surface area contributed by atoms with Crippen LogP contribution in [0, 0.1) is 12.8 Å². The number of carbonyl (C=O) groups is 1. The predicted octanol–water partition coefficient (Wildman–Crippen LogP) is 1.91. The predicted molar refractivity (Wildman–Crippen MR) is 81.2 cm³/mol. The van der Waals surface area contributed by atoms with Crippen molar-refractivity contribution in [3.8, 4) is 0 Å². The Hall–Kier alpha value is -1.39. The maximum absolute atomic E-state index is 12.0. The van der Waals surface area contributed by atoms with Crippen LogP contribution < -0.4 is 11.1 Å². The summed E-state index contributed by atoms with van der Waals surface area (Å²) in [5.41, 5.74) is 7.93. The van der Waals surface area contributed by atoms with E-state index in [1.807, 2.05) is 31.2 Å². The van der Waals surface area contributed by atoms with Crippen molar-refractivity contribution in [3.05, 3.63) is 35.4 Å². The summed E-state index contributed by atoms with van der Waals surface area (Å²) in [6.07, 6.45) is 2.76. The van der Waals surface area contributed by atoms with Gasteiger partial charge in [0, 0.05) is 13.2 Å². The summed E-state index contributed by atoms with van der Waals surface area (Å²) < 4.78 is 0. The molecule has 0 saturated heterocycles. The number of aliphatic hydroxyl groups excluding tert-OH is 1. The summed E-state index contributed by atoms with van der Waals surface area (Å²) >= 11 is 0. The highest BCUT2D eigenvalue weighted by molar-refractivity contribution is 5.82. The van der Waals surface area contributed by atoms with E-state index in [-0.39, 0.29) is 12.5 Å². The number of carbonyl (C=O) groups excluding carboxylic acids is 1. The van der Waals surface area contributed by atoms with E-state index in [1.54, 1.807) is 0 Å². The molecule has 4 nitrogen and oxygen atoms in total. The van der Waals surface area contributed by atoms with Gasteiger partial charge in [-0.3, -0.25) is 4.79 Å². The molecular weight excluding hydrogens is 252 g/mol. The van der Waals surface area contributed by atoms with Gasteiger partial charge in [0.05, 0.1) is 0 Å². The lowest BCUT2D eigenvalue weighted by molar-refractivity contribution is -0.122. The lowest BCUT2D eigenvalue weighted by Gasteiger charge is -2.18. The molecule has 1 aromatic rings. The third-order valence-electron chi connectivity index (χ3n) is 3.52. The van der Waals surface area contributed by atoms with E-state index in [1.165, 1.54) is 0 Å². The topological polar surface area (TPSA) is 75.3 Å². The number of nitrogens with one attached hydrogen (secondary N) is 1. The van der Waals surface area contributed by atoms with Crippen molar-refractivity contribution in [2.45, 2.75) is 39.2 Å². The molecule has 2 unspecified atom stereocenters. The van der Waals surface area contributed by atoms with Crippen LogP contribution in [0.2, 0.25) is 0 Å². The second kappa shape index (κ2) is 8.72. The summed E-state index contributed by atoms with van der Waals surface area (Å²) in [6, 6.07) is 7.04. The number of rotatable bonds is 8. The van der Waals surface area contributed by atoms with E-state index in [0.717, 1.165) is 24.0 Å². The minimum absolute atomic E-state index is 0.157. The van der Waals surface area contributed by atoms with E-state index in [4.69, 9.17) is 10.8 Å². The quantitative estimate of drug-likeness (QED) is 0.680. The maximum atomic E-state index is 12.0. The van der Waals surface area contributed by atoms with E-state index in [9.17, 15) is 4.79 Å². The van der Waals surface area contributed by atoms with Crippen LogP contribution in [0.15, 0.2) is 24.3 Å². The molecule has 0 saturated carbocycles. The lowest BCUT2D eigenvalue weighted by Crippen LogP contribution is -2.37. The fourth-order valence-electron chi connectivity index (χ4n) is 2.22. The highest BCUT2D eigenvalue weighted by Crippen LogP contribution is 2.13. The highest BCUT2D eigenvalue weighted by atomic mass is 16.3. The van der Waals surface area contributed by atoms with Gasteiger partial charge < -0.3 is 16.2 Å². The van der Waals surface area contributed by atoms with Gasteiger partial charge in [0.2, 0.25) is 5.91 Å². The van der Waals surface area contributed by atoms with Crippen molar-refractivity contribution < 1.29 is 9.90 Å². The lowest BCUT2D eigenvalue weighted by atomic mass is 9.99. The summed E-state index contributed by atoms with van der Waals surface area (Å²) in [7, 11) is 0. The molecule has 1 amide bonds. The standard InChI is InChI=1S/C16H26N2O2/c1-3-4-13(9-10-19)11-18-16(20)15(17)14-7-5-12(2)6-8-14/h5-8,13,15,19H,3-4,9-11,17H2,1-2H3,(H,18,20). The molecule has 112 valence electrons. The Morgan fingerprint density at radius 2 is 1.95 bits per heavy atom. The molecule has 0 aliphatic carbocycles. The number of hydrogen-bond donors (Lipinski definition) is 3. The average Bonchev–Trinajstić information content (AvgIpc) is 2.45. The number of hydrogen-bond acceptors (Lipinski definition) is 3. The fraction of sp³-hybridized carbons (Fsp3) is 0.562. The van der Waals surface area contributed by atoms with Gasteiger partial charge in [-0.1, -0.05) is 43.2 Å². The van der Waals surface area contributed by atoms with Crippen LogP contribution >= 0.6 is 0 Å². The molecule has 0 bridgehead atoms. The van der Waals surface area contributed by atoms with E-state index in [2.05, 4.69) is 12.2 Å². The molecule has 2 atom stereocenters. The fourth-order valence-corrected chi connectivity index (χ4v) is 2.22. The van der Waals surface area contributed by atoms with E-state index in [0.29, 0.717) is 18.9 Å². The molecule has 4 N–H and O–H groups in total. The third kappa shape index (κ3) is 5.31. The van der Waals surface area contributed by atoms with Crippen molar-refractivity contribution in [2.75, 3.05) is 13.2 Å². The normalized spacial score (nSPS) is 13.8. The Bertz CT molecular complexity index is 397. The van der Waals surface area contributed by atoms with Gasteiger partial charge in [0.1, 0.15) is 6.04 Å². The zero-order valence-electron chi connectivity index (χ0n) is 12.4. The first-order valence-corrected chi connectivity index (χ1v) is 7.29. The van der Waals surface area contributed by atoms with Crippen LogP contribution in [0.25, 0.3) is 0 Å². The SMILES string of the molecule is CCCC(CCO)CNC(=O)C(N)c1ccc(C)cc1. The second-order valence-corrected chi connectivity index (χ2v) is 5.30. The molecule has 1 aromatic carbocycles. The monoisotopic (exact) mass is 278 g/mol. The zero-order chi connectivity index (χ0) is 15.0. The maximum Gasteiger partial charge on any atom is 0.241 e. The third-order valence-corrected chi connectivity index (χ3v) is 3.52. The Kier molecular flexibility index (Phi) is 7.26. The van der Waals surface area contributed by atoms with Crippen LogP contribution in [0.4, 0.5) is 0 Å². The zero-order valence-corrected chi connectivity index (χ0v) is 12.4. The van der Waals surface area contributed by atoms with Crippen molar-refractivity contribution in [2.24, 2.45) is 11.7 Å². The van der Waals surface area contributed by atoms with Crippen LogP contribution in [-0.4, -0.2) is 24.2 Å². The average molecular weight is 278 g/mol. The van der Waals surface area contributed by atoms with E-state index >= 15 is 0 Å². The largest absolute Gasteiger partial charge is 0.396 e. The van der Waals surface area contributed by atoms with Gasteiger partial charge in [0.15, 0.2) is 0 Å². The molecule has 4 heteroatoms. The first-order valence-electron chi connectivity index (χ1n) is 7.29. The van der Waals surface area contributed by atoms with Gasteiger partial charge in [-0.2, -0.15) is 0 Å². The molecule has 0 fully saturated rings. The molecule has 20 heavy (non-hydrogen) atoms. The van der Waals surface area contributed by atoms with Crippen molar-refractivity contribution in [1.82, 2.24) is 5.32 Å². The Labute approximate surface area is 121 Å². The van der Waals surface area contributed by atoms with Crippen LogP contribution in [0.1, 0.15) is 43.4 Å². The second-order valence-electron chi connectivity index (χ2n) is 5.30. The van der Waals surface area contributed by atoms with Gasteiger partial charge in [0.25, 0.3) is 0 Å². The molecule has 0 aliphatic rings. The molecule has 0 spiro atoms. The van der Waals surface area contributed by atoms with Gasteiger partial charge >= 0.3 is 0 Å². The minimum Gasteiger partial charge on any atom is -0.396 e. The number of amides is 1. The summed E-state index contributed by atoms with van der Waals surface area (Å²) in [6.45, 7) is 4.83. The van der Waals surface area contributed by atoms with Crippen LogP contribution in [-0.2, 0) is 4.79 Å². The summed E-state index contributed by atoms with van der Waals surface area (Å²) in [4.78, 5) is 12.0. The number of aliphatic hydroxyl groups is 1. The Balaban J connectivity index is 2.50. The Morgan fingerprint density at radius 3 is 2.50 bits per heavy atom. The molecule has 0 heterocycles. The van der Waals surface area contributed by atoms with Crippen molar-refractivity contribution in [3.63, 3.8) is 0 Å². The Morgan fingerprint density at radius 1 is 1.30 bits per heavy atom. The number of aryl methyl sites for hydroxylation is 1. The molecule has 1 rings (SSSR count). The smallest absolute Gasteiger partial charge is 0.241 e. The number of benzene rings is 1. The van der Waals surface area contributed by atoms with Gasteiger partial charge in [-0.15, -0.1) is 0 Å². The molecular formula is C16H26N2O2. The molecule has 0 aromatic heterocycles. The highest BCUT2D eigenvalue weighted by Gasteiger charge is 2.16. The number of nitrogens with two attached hydrogens (primary N) is 1. The minimum atomic E-state index is -0.632. The van der Waals surface area contributed by atoms with Crippen molar-refractivity contribution in [1.29, 1.82) is 0 Å². The van der Waals surface area contributed by atoms with Crippen LogP contribution in [0.5, 0.6) is 0 Å². The summed E-state index contributed by atoms with van der Waals surface area (Å²) in [5, 5.41) is 11.9. The molecule has 0 radical (unpaired) electrons. The van der Waals surface area contributed by atoms with Gasteiger partial charge in [-0.05, 0) is 31.2 Å². The first-order chi connectivity index (χ1) is 9.58. The van der Waals surface area contributed by atoms with E-state index < -0.39 is 6.04 Å². The first kappa shape index (κ1) is 16.7. The molecule has 0 aliphatic heterocycles. The van der Waals surface area contributed by atoms with Crippen molar-refractivity contribution >= 4 is 5.91 Å². The summed E-state index contributed by atoms with van der Waals surface area (Å²) in [5.74, 6) is 0.159.